The molecule has 0 radical (unpaired) electrons. The molecule has 0 aliphatic carbocycles. The van der Waals surface area contributed by atoms with Gasteiger partial charge in [-0.3, -0.25) is 4.57 Å². The van der Waals surface area contributed by atoms with E-state index in [1.807, 2.05) is 0 Å². The fourth-order valence-corrected chi connectivity index (χ4v) is 4.95. The second kappa shape index (κ2) is 5.97. The molecule has 1 aromatic carbocycles. The van der Waals surface area contributed by atoms with Crippen molar-refractivity contribution in [3.05, 3.63) is 30.3 Å². The summed E-state index contributed by atoms with van der Waals surface area (Å²) in [4.78, 5) is 9.61. The van der Waals surface area contributed by atoms with Crippen molar-refractivity contribution in [1.29, 1.82) is 0 Å². The van der Waals surface area contributed by atoms with Crippen LogP contribution in [0.25, 0.3) is 0 Å². The highest BCUT2D eigenvalue weighted by Gasteiger charge is 2.35. The van der Waals surface area contributed by atoms with Gasteiger partial charge in [-0.15, -0.1) is 0 Å². The molecule has 102 valence electrons. The maximum Gasteiger partial charge on any atom is 0.345 e. The Bertz CT molecular complexity index is 522. The normalized spacial score (nSPS) is 15.6. The molecule has 0 aliphatic heterocycles. The molecule has 1 atom stereocenters. The summed E-state index contributed by atoms with van der Waals surface area (Å²) in [5.74, 6) is 0. The van der Waals surface area contributed by atoms with Crippen LogP contribution in [0.4, 0.5) is 0 Å². The first-order chi connectivity index (χ1) is 8.33. The Morgan fingerprint density at radius 2 is 1.72 bits per heavy atom. The summed E-state index contributed by atoms with van der Waals surface area (Å²) in [6, 6.07) is 7.34. The first kappa shape index (κ1) is 15.4. The monoisotopic (exact) mass is 292 g/mol. The van der Waals surface area contributed by atoms with Crippen molar-refractivity contribution < 1.29 is 21.8 Å². The maximum absolute atomic E-state index is 11.9. The van der Waals surface area contributed by atoms with Gasteiger partial charge in [0.05, 0.1) is 10.6 Å². The van der Waals surface area contributed by atoms with Crippen LogP contribution in [-0.4, -0.2) is 19.0 Å². The van der Waals surface area contributed by atoms with Crippen molar-refractivity contribution >= 4 is 17.7 Å². The van der Waals surface area contributed by atoms with E-state index in [-0.39, 0.29) is 4.90 Å². The van der Waals surface area contributed by atoms with Gasteiger partial charge in [0.2, 0.25) is 0 Å². The second-order valence-corrected chi connectivity index (χ2v) is 7.71. The van der Waals surface area contributed by atoms with Crippen LogP contribution >= 0.6 is 7.60 Å². The van der Waals surface area contributed by atoms with Gasteiger partial charge in [-0.25, -0.2) is 0 Å². The summed E-state index contributed by atoms with van der Waals surface area (Å²) in [6.45, 7) is 3.44. The van der Waals surface area contributed by atoms with Crippen molar-refractivity contribution in [2.75, 3.05) is 0 Å². The van der Waals surface area contributed by atoms with Crippen molar-refractivity contribution in [2.45, 2.75) is 37.2 Å². The first-order valence-electron chi connectivity index (χ1n) is 5.67. The molecule has 5 nitrogen and oxygen atoms in total. The fraction of sp³-hybridized carbons (Fsp3) is 0.455. The summed E-state index contributed by atoms with van der Waals surface area (Å²) < 4.78 is 40.1. The SMILES string of the molecule is CCC(CC)P(=O)(O)OS(=O)(=O)c1ccccc1. The third-order valence-corrected chi connectivity index (χ3v) is 6.78. The van der Waals surface area contributed by atoms with Crippen LogP contribution in [0.1, 0.15) is 26.7 Å². The smallest absolute Gasteiger partial charge is 0.323 e. The molecule has 0 aliphatic rings. The van der Waals surface area contributed by atoms with E-state index in [1.165, 1.54) is 24.3 Å². The van der Waals surface area contributed by atoms with Gasteiger partial charge >= 0.3 is 17.7 Å². The minimum atomic E-state index is -4.20. The molecular formula is C11H17O5PS. The lowest BCUT2D eigenvalue weighted by Gasteiger charge is -2.19. The van der Waals surface area contributed by atoms with Crippen LogP contribution < -0.4 is 0 Å². The van der Waals surface area contributed by atoms with E-state index in [0.717, 1.165) is 0 Å². The summed E-state index contributed by atoms with van der Waals surface area (Å²) in [5, 5.41) is 0. The minimum Gasteiger partial charge on any atom is -0.323 e. The Kier molecular flexibility index (Phi) is 5.10. The van der Waals surface area contributed by atoms with Gasteiger partial charge in [-0.05, 0) is 25.0 Å². The van der Waals surface area contributed by atoms with Crippen LogP contribution in [0.5, 0.6) is 0 Å². The van der Waals surface area contributed by atoms with Crippen LogP contribution in [0.15, 0.2) is 35.2 Å². The largest absolute Gasteiger partial charge is 0.345 e. The predicted octanol–water partition coefficient (Wildman–Crippen LogP) is 2.77. The Hall–Kier alpha value is -0.680. The lowest BCUT2D eigenvalue weighted by atomic mass is 10.3. The van der Waals surface area contributed by atoms with Crippen LogP contribution in [-0.2, 0) is 18.7 Å². The predicted molar refractivity (Wildman–Crippen MR) is 68.9 cm³/mol. The Balaban J connectivity index is 3.00. The zero-order valence-electron chi connectivity index (χ0n) is 10.3. The number of benzene rings is 1. The molecule has 1 unspecified atom stereocenters. The van der Waals surface area contributed by atoms with E-state index < -0.39 is 23.4 Å². The summed E-state index contributed by atoms with van der Waals surface area (Å²) in [7, 11) is -8.37. The van der Waals surface area contributed by atoms with E-state index in [2.05, 4.69) is 3.97 Å². The fourth-order valence-electron chi connectivity index (χ4n) is 1.58. The maximum atomic E-state index is 11.9. The molecule has 0 amide bonds. The highest BCUT2D eigenvalue weighted by Crippen LogP contribution is 2.52. The summed E-state index contributed by atoms with van der Waals surface area (Å²) in [5.41, 5.74) is -0.670. The molecule has 1 rings (SSSR count). The van der Waals surface area contributed by atoms with Crippen molar-refractivity contribution in [1.82, 2.24) is 0 Å². The average molecular weight is 292 g/mol. The van der Waals surface area contributed by atoms with Crippen LogP contribution in [0.2, 0.25) is 0 Å². The molecule has 0 heterocycles. The van der Waals surface area contributed by atoms with E-state index in [1.54, 1.807) is 19.9 Å². The minimum absolute atomic E-state index is 0.120. The average Bonchev–Trinajstić information content (AvgIpc) is 2.30. The lowest BCUT2D eigenvalue weighted by molar-refractivity contribution is 0.359. The third kappa shape index (κ3) is 3.65. The van der Waals surface area contributed by atoms with E-state index in [4.69, 9.17) is 0 Å². The van der Waals surface area contributed by atoms with E-state index in [0.29, 0.717) is 12.8 Å². The highest BCUT2D eigenvalue weighted by molar-refractivity contribution is 7.91. The van der Waals surface area contributed by atoms with Gasteiger partial charge in [0.15, 0.2) is 0 Å². The first-order valence-corrected chi connectivity index (χ1v) is 8.72. The quantitative estimate of drug-likeness (QED) is 0.815. The van der Waals surface area contributed by atoms with Gasteiger partial charge in [0.25, 0.3) is 0 Å². The molecule has 0 saturated carbocycles. The number of rotatable bonds is 6. The summed E-state index contributed by atoms with van der Waals surface area (Å²) in [6.07, 6.45) is 0.767. The molecular weight excluding hydrogens is 275 g/mol. The Morgan fingerprint density at radius 1 is 1.22 bits per heavy atom. The molecule has 0 bridgehead atoms. The van der Waals surface area contributed by atoms with Crippen LogP contribution in [0, 0.1) is 0 Å². The highest BCUT2D eigenvalue weighted by atomic mass is 32.2. The Labute approximate surface area is 107 Å². The van der Waals surface area contributed by atoms with Crippen molar-refractivity contribution in [3.63, 3.8) is 0 Å². The molecule has 7 heteroatoms. The van der Waals surface area contributed by atoms with E-state index >= 15 is 0 Å². The molecule has 0 aromatic heterocycles. The van der Waals surface area contributed by atoms with Gasteiger partial charge < -0.3 is 4.89 Å². The summed E-state index contributed by atoms with van der Waals surface area (Å²) >= 11 is 0. The number of hydrogen-bond acceptors (Lipinski definition) is 4. The standard InChI is InChI=1S/C11H17O5PS/c1-3-10(4-2)17(12,13)16-18(14,15)11-8-6-5-7-9-11/h5-10H,3-4H2,1-2H3,(H,12,13). The van der Waals surface area contributed by atoms with Crippen LogP contribution in [0.3, 0.4) is 0 Å². The number of hydrogen-bond donors (Lipinski definition) is 1. The van der Waals surface area contributed by atoms with Gasteiger partial charge in [-0.2, -0.15) is 12.4 Å². The molecule has 0 fully saturated rings. The third-order valence-electron chi connectivity index (χ3n) is 2.64. The molecule has 1 N–H and O–H groups in total. The lowest BCUT2D eigenvalue weighted by Crippen LogP contribution is -2.13. The van der Waals surface area contributed by atoms with Crippen molar-refractivity contribution in [3.8, 4) is 0 Å². The van der Waals surface area contributed by atoms with Gasteiger partial charge in [0, 0.05) is 0 Å². The molecule has 0 saturated heterocycles. The second-order valence-electron chi connectivity index (χ2n) is 3.88. The van der Waals surface area contributed by atoms with E-state index in [9.17, 15) is 17.9 Å². The molecule has 1 aromatic rings. The zero-order valence-corrected chi connectivity index (χ0v) is 12.0. The Morgan fingerprint density at radius 3 is 2.17 bits per heavy atom. The molecule has 0 spiro atoms. The zero-order chi connectivity index (χ0) is 13.8. The molecule has 18 heavy (non-hydrogen) atoms. The van der Waals surface area contributed by atoms with Gasteiger partial charge in [-0.1, -0.05) is 32.0 Å². The topological polar surface area (TPSA) is 80.7 Å². The van der Waals surface area contributed by atoms with Crippen molar-refractivity contribution in [2.24, 2.45) is 0 Å². The van der Waals surface area contributed by atoms with Gasteiger partial charge in [0.1, 0.15) is 0 Å².